The quantitative estimate of drug-likeness (QED) is 0.522. The van der Waals surface area contributed by atoms with Gasteiger partial charge >= 0.3 is 0 Å². The first kappa shape index (κ1) is 17.7. The Kier molecular flexibility index (Phi) is 4.72. The molecule has 1 N–H and O–H groups in total. The van der Waals surface area contributed by atoms with Gasteiger partial charge in [-0.15, -0.1) is 0 Å². The number of nitrogens with one attached hydrogen (secondary N) is 1. The lowest BCUT2D eigenvalue weighted by atomic mass is 9.99. The standard InChI is InChI=1S/C21H19N5O2/c1-26-16-11-7-6-10-15(16)20(25-26)21(27)19(14-8-4-3-5-9-14)24-17-12-22-13-18(23-17)28-2/h3-13,19H,1-2H3,(H,23,24). The maximum atomic E-state index is 13.5. The normalized spacial score (nSPS) is 11.9. The molecular formula is C21H19N5O2. The minimum atomic E-state index is -0.666. The summed E-state index contributed by atoms with van der Waals surface area (Å²) in [4.78, 5) is 21.9. The third kappa shape index (κ3) is 3.29. The topological polar surface area (TPSA) is 81.9 Å². The molecule has 7 nitrogen and oxygen atoms in total. The number of ether oxygens (including phenoxy) is 1. The molecule has 2 aromatic heterocycles. The van der Waals surface area contributed by atoms with Gasteiger partial charge in [0.05, 0.1) is 25.0 Å². The highest BCUT2D eigenvalue weighted by atomic mass is 16.5. The SMILES string of the molecule is COc1cncc(NC(C(=O)c2nn(C)c3ccccc23)c2ccccc2)n1. The van der Waals surface area contributed by atoms with Crippen LogP contribution in [0.5, 0.6) is 5.88 Å². The number of nitrogens with zero attached hydrogens (tertiary/aromatic N) is 4. The summed E-state index contributed by atoms with van der Waals surface area (Å²) < 4.78 is 6.85. The molecule has 1 atom stereocenters. The first-order valence-corrected chi connectivity index (χ1v) is 8.81. The van der Waals surface area contributed by atoms with Crippen molar-refractivity contribution in [3.63, 3.8) is 0 Å². The molecule has 0 amide bonds. The lowest BCUT2D eigenvalue weighted by Crippen LogP contribution is -2.22. The number of hydrogen-bond donors (Lipinski definition) is 1. The van der Waals surface area contributed by atoms with Gasteiger partial charge in [-0.05, 0) is 11.6 Å². The molecule has 4 aromatic rings. The van der Waals surface area contributed by atoms with E-state index in [9.17, 15) is 4.79 Å². The van der Waals surface area contributed by atoms with E-state index in [2.05, 4.69) is 20.4 Å². The summed E-state index contributed by atoms with van der Waals surface area (Å²) in [5.41, 5.74) is 2.13. The molecule has 1 unspecified atom stereocenters. The summed E-state index contributed by atoms with van der Waals surface area (Å²) in [7, 11) is 3.35. The van der Waals surface area contributed by atoms with Crippen LogP contribution in [0, 0.1) is 0 Å². The average molecular weight is 373 g/mol. The average Bonchev–Trinajstić information content (AvgIpc) is 3.09. The second-order valence-corrected chi connectivity index (χ2v) is 6.29. The fourth-order valence-corrected chi connectivity index (χ4v) is 3.14. The van der Waals surface area contributed by atoms with Crippen molar-refractivity contribution in [1.29, 1.82) is 0 Å². The molecule has 7 heteroatoms. The maximum Gasteiger partial charge on any atom is 0.233 e. The zero-order chi connectivity index (χ0) is 19.5. The van der Waals surface area contributed by atoms with E-state index < -0.39 is 6.04 Å². The van der Waals surface area contributed by atoms with Crippen molar-refractivity contribution in [1.82, 2.24) is 19.7 Å². The van der Waals surface area contributed by atoms with Crippen molar-refractivity contribution < 1.29 is 9.53 Å². The lowest BCUT2D eigenvalue weighted by Gasteiger charge is -2.18. The summed E-state index contributed by atoms with van der Waals surface area (Å²) in [5, 5.41) is 8.48. The Labute approximate surface area is 162 Å². The number of benzene rings is 2. The van der Waals surface area contributed by atoms with Gasteiger partial charge in [0.25, 0.3) is 0 Å². The van der Waals surface area contributed by atoms with E-state index in [-0.39, 0.29) is 5.78 Å². The number of methoxy groups -OCH3 is 1. The van der Waals surface area contributed by atoms with Crippen molar-refractivity contribution in [2.45, 2.75) is 6.04 Å². The van der Waals surface area contributed by atoms with Crippen LogP contribution in [-0.4, -0.2) is 32.6 Å². The lowest BCUT2D eigenvalue weighted by molar-refractivity contribution is 0.0965. The highest BCUT2D eigenvalue weighted by molar-refractivity contribution is 6.09. The number of fused-ring (bicyclic) bond motifs is 1. The number of anilines is 1. The number of hydrogen-bond acceptors (Lipinski definition) is 6. The molecule has 0 aliphatic heterocycles. The van der Waals surface area contributed by atoms with Gasteiger partial charge in [0.15, 0.2) is 0 Å². The van der Waals surface area contributed by atoms with Gasteiger partial charge in [-0.1, -0.05) is 48.5 Å². The number of aromatic nitrogens is 4. The Morgan fingerprint density at radius 3 is 2.61 bits per heavy atom. The molecule has 0 saturated heterocycles. The predicted octanol–water partition coefficient (Wildman–Crippen LogP) is 3.41. The minimum Gasteiger partial charge on any atom is -0.480 e. The number of ketones is 1. The van der Waals surface area contributed by atoms with Crippen molar-refractivity contribution >= 4 is 22.5 Å². The Morgan fingerprint density at radius 2 is 1.82 bits per heavy atom. The first-order valence-electron chi connectivity index (χ1n) is 8.81. The molecule has 0 saturated carbocycles. The van der Waals surface area contributed by atoms with Crippen molar-refractivity contribution in [2.75, 3.05) is 12.4 Å². The van der Waals surface area contributed by atoms with Crippen LogP contribution in [0.2, 0.25) is 0 Å². The predicted molar refractivity (Wildman–Crippen MR) is 106 cm³/mol. The van der Waals surface area contributed by atoms with Gasteiger partial charge in [-0.3, -0.25) is 14.5 Å². The minimum absolute atomic E-state index is 0.146. The molecule has 0 bridgehead atoms. The monoisotopic (exact) mass is 373 g/mol. The van der Waals surface area contributed by atoms with E-state index in [1.807, 2.05) is 61.6 Å². The summed E-state index contributed by atoms with van der Waals surface area (Å²) in [6.07, 6.45) is 3.07. The summed E-state index contributed by atoms with van der Waals surface area (Å²) in [6.45, 7) is 0. The van der Waals surface area contributed by atoms with Crippen LogP contribution in [0.3, 0.4) is 0 Å². The first-order chi connectivity index (χ1) is 13.7. The van der Waals surface area contributed by atoms with E-state index in [0.717, 1.165) is 16.5 Å². The van der Waals surface area contributed by atoms with Crippen LogP contribution in [0.1, 0.15) is 22.1 Å². The zero-order valence-corrected chi connectivity index (χ0v) is 15.5. The molecule has 140 valence electrons. The number of aryl methyl sites for hydroxylation is 1. The van der Waals surface area contributed by atoms with Gasteiger partial charge in [-0.2, -0.15) is 10.1 Å². The summed E-state index contributed by atoms with van der Waals surface area (Å²) in [5.74, 6) is 0.668. The fourth-order valence-electron chi connectivity index (χ4n) is 3.14. The Hall–Kier alpha value is -3.74. The van der Waals surface area contributed by atoms with E-state index >= 15 is 0 Å². The van der Waals surface area contributed by atoms with Crippen LogP contribution in [0.4, 0.5) is 5.82 Å². The molecule has 4 rings (SSSR count). The van der Waals surface area contributed by atoms with Gasteiger partial charge in [0.1, 0.15) is 17.6 Å². The largest absolute Gasteiger partial charge is 0.480 e. The summed E-state index contributed by atoms with van der Waals surface area (Å²) in [6, 6.07) is 16.5. The second-order valence-electron chi connectivity index (χ2n) is 6.29. The van der Waals surface area contributed by atoms with Crippen LogP contribution >= 0.6 is 0 Å². The number of Topliss-reactive ketones (excluding diaryl/α,β-unsaturated/α-hetero) is 1. The number of carbonyl (C=O) groups excluding carboxylic acids is 1. The van der Waals surface area contributed by atoms with Gasteiger partial charge in [0.2, 0.25) is 11.7 Å². The molecule has 0 fully saturated rings. The van der Waals surface area contributed by atoms with Gasteiger partial charge in [0, 0.05) is 12.4 Å². The second kappa shape index (κ2) is 7.48. The highest BCUT2D eigenvalue weighted by Gasteiger charge is 2.27. The number of para-hydroxylation sites is 1. The van der Waals surface area contributed by atoms with Crippen molar-refractivity contribution in [2.24, 2.45) is 7.05 Å². The van der Waals surface area contributed by atoms with Crippen molar-refractivity contribution in [3.8, 4) is 5.88 Å². The highest BCUT2D eigenvalue weighted by Crippen LogP contribution is 2.26. The molecule has 0 aliphatic carbocycles. The van der Waals surface area contributed by atoms with Gasteiger partial charge < -0.3 is 10.1 Å². The molecule has 0 aliphatic rings. The van der Waals surface area contributed by atoms with Crippen LogP contribution in [0.15, 0.2) is 67.0 Å². The van der Waals surface area contributed by atoms with E-state index in [1.54, 1.807) is 10.9 Å². The molecule has 0 spiro atoms. The van der Waals surface area contributed by atoms with E-state index in [0.29, 0.717) is 17.4 Å². The van der Waals surface area contributed by atoms with Gasteiger partial charge in [-0.25, -0.2) is 0 Å². The number of carbonyl (C=O) groups is 1. The van der Waals surface area contributed by atoms with Crippen molar-refractivity contribution in [3.05, 3.63) is 78.2 Å². The Morgan fingerprint density at radius 1 is 1.07 bits per heavy atom. The zero-order valence-electron chi connectivity index (χ0n) is 15.5. The van der Waals surface area contributed by atoms with Crippen LogP contribution in [-0.2, 0) is 7.05 Å². The fraction of sp³-hybridized carbons (Fsp3) is 0.143. The third-order valence-corrected chi connectivity index (χ3v) is 4.50. The summed E-state index contributed by atoms with van der Waals surface area (Å²) >= 11 is 0. The smallest absolute Gasteiger partial charge is 0.233 e. The number of rotatable bonds is 6. The van der Waals surface area contributed by atoms with Crippen LogP contribution in [0.25, 0.3) is 10.9 Å². The molecule has 2 aromatic carbocycles. The Balaban J connectivity index is 1.77. The molecule has 0 radical (unpaired) electrons. The Bertz CT molecular complexity index is 1120. The maximum absolute atomic E-state index is 13.5. The molecule has 28 heavy (non-hydrogen) atoms. The van der Waals surface area contributed by atoms with E-state index in [1.165, 1.54) is 13.3 Å². The van der Waals surface area contributed by atoms with Crippen LogP contribution < -0.4 is 10.1 Å². The van der Waals surface area contributed by atoms with E-state index in [4.69, 9.17) is 4.74 Å². The third-order valence-electron chi connectivity index (χ3n) is 4.50. The molecule has 2 heterocycles. The molecular weight excluding hydrogens is 354 g/mol.